The van der Waals surface area contributed by atoms with Gasteiger partial charge in [-0.15, -0.1) is 11.3 Å². The zero-order chi connectivity index (χ0) is 13.1. The van der Waals surface area contributed by atoms with Gasteiger partial charge in [-0.2, -0.15) is 0 Å². The first kappa shape index (κ1) is 14.0. The molecule has 1 atom stereocenters. The van der Waals surface area contributed by atoms with Crippen molar-refractivity contribution in [3.8, 4) is 0 Å². The minimum Gasteiger partial charge on any atom is -0.313 e. The Bertz CT molecular complexity index is 544. The zero-order valence-corrected chi connectivity index (χ0v) is 12.9. The van der Waals surface area contributed by atoms with Gasteiger partial charge in [0.25, 0.3) is 0 Å². The highest BCUT2D eigenvalue weighted by atomic mass is 79.9. The lowest BCUT2D eigenvalue weighted by Gasteiger charge is -2.16. The fourth-order valence-corrected chi connectivity index (χ4v) is 3.42. The fraction of sp³-hybridized carbons (Fsp3) is 0.231. The van der Waals surface area contributed by atoms with Gasteiger partial charge in [0.05, 0.1) is 8.81 Å². The molecule has 96 valence electrons. The highest BCUT2D eigenvalue weighted by Gasteiger charge is 2.13. The summed E-state index contributed by atoms with van der Waals surface area (Å²) in [6.07, 6.45) is 0.827. The first-order chi connectivity index (χ1) is 8.60. The Morgan fingerprint density at radius 3 is 2.72 bits per heavy atom. The maximum Gasteiger partial charge on any atom is 0.142 e. The highest BCUT2D eigenvalue weighted by molar-refractivity contribution is 9.11. The lowest BCUT2D eigenvalue weighted by Crippen LogP contribution is -2.18. The van der Waals surface area contributed by atoms with Crippen LogP contribution in [0.3, 0.4) is 0 Å². The predicted octanol–water partition coefficient (Wildman–Crippen LogP) is 4.81. The van der Waals surface area contributed by atoms with Crippen LogP contribution >= 0.6 is 38.9 Å². The van der Waals surface area contributed by atoms with E-state index in [0.29, 0.717) is 0 Å². The van der Waals surface area contributed by atoms with Gasteiger partial charge in [0.1, 0.15) is 5.82 Å². The van der Waals surface area contributed by atoms with Gasteiger partial charge in [0.15, 0.2) is 0 Å². The van der Waals surface area contributed by atoms with Crippen LogP contribution in [-0.4, -0.2) is 7.05 Å². The molecule has 1 aromatic heterocycles. The van der Waals surface area contributed by atoms with Gasteiger partial charge < -0.3 is 5.32 Å². The topological polar surface area (TPSA) is 12.0 Å². The molecular formula is C13H12BrClFNS. The molecular weight excluding hydrogens is 337 g/mol. The van der Waals surface area contributed by atoms with Crippen LogP contribution in [0.4, 0.5) is 4.39 Å². The fourth-order valence-electron chi connectivity index (χ4n) is 1.78. The Morgan fingerprint density at radius 1 is 1.39 bits per heavy atom. The van der Waals surface area contributed by atoms with Crippen LogP contribution in [0.15, 0.2) is 34.1 Å². The summed E-state index contributed by atoms with van der Waals surface area (Å²) in [6.45, 7) is 0. The quantitative estimate of drug-likeness (QED) is 0.836. The largest absolute Gasteiger partial charge is 0.313 e. The van der Waals surface area contributed by atoms with E-state index in [4.69, 9.17) is 11.6 Å². The van der Waals surface area contributed by atoms with E-state index in [2.05, 4.69) is 27.3 Å². The number of rotatable bonds is 4. The molecule has 1 aromatic carbocycles. The number of hydrogen-bond donors (Lipinski definition) is 1. The highest BCUT2D eigenvalue weighted by Crippen LogP contribution is 2.28. The van der Waals surface area contributed by atoms with Crippen LogP contribution < -0.4 is 5.32 Å². The number of halogens is 3. The van der Waals surface area contributed by atoms with E-state index in [0.717, 1.165) is 15.8 Å². The number of nitrogens with one attached hydrogen (secondary N) is 1. The second-order valence-corrected chi connectivity index (χ2v) is 6.88. The second kappa shape index (κ2) is 6.15. The zero-order valence-electron chi connectivity index (χ0n) is 9.71. The monoisotopic (exact) mass is 347 g/mol. The lowest BCUT2D eigenvalue weighted by molar-refractivity contribution is 0.581. The maximum absolute atomic E-state index is 13.5. The van der Waals surface area contributed by atoms with Gasteiger partial charge in [-0.05, 0) is 52.8 Å². The summed E-state index contributed by atoms with van der Waals surface area (Å²) in [6, 6.07) is 9.13. The molecule has 0 saturated carbocycles. The van der Waals surface area contributed by atoms with Crippen molar-refractivity contribution < 1.29 is 4.39 Å². The summed E-state index contributed by atoms with van der Waals surface area (Å²) in [7, 11) is 1.87. The Kier molecular flexibility index (Phi) is 4.78. The van der Waals surface area contributed by atoms with Gasteiger partial charge in [0.2, 0.25) is 0 Å². The molecule has 18 heavy (non-hydrogen) atoms. The van der Waals surface area contributed by atoms with Gasteiger partial charge in [0, 0.05) is 17.3 Å². The Morgan fingerprint density at radius 2 is 2.17 bits per heavy atom. The van der Waals surface area contributed by atoms with Gasteiger partial charge in [-0.1, -0.05) is 17.7 Å². The van der Waals surface area contributed by atoms with E-state index in [1.54, 1.807) is 17.4 Å². The van der Waals surface area contributed by atoms with E-state index >= 15 is 0 Å². The maximum atomic E-state index is 13.5. The van der Waals surface area contributed by atoms with Crippen LogP contribution in [0.2, 0.25) is 5.02 Å². The Hall–Kier alpha value is -0.420. The van der Waals surface area contributed by atoms with Crippen LogP contribution in [0.1, 0.15) is 16.5 Å². The molecule has 0 fully saturated rings. The second-order valence-electron chi connectivity index (χ2n) is 3.92. The van der Waals surface area contributed by atoms with Crippen molar-refractivity contribution in [2.45, 2.75) is 12.5 Å². The molecule has 1 nitrogen and oxygen atoms in total. The van der Waals surface area contributed by atoms with Crippen LogP contribution in [0.5, 0.6) is 0 Å². The minimum atomic E-state index is -0.373. The molecule has 0 aliphatic rings. The molecule has 0 saturated heterocycles. The lowest BCUT2D eigenvalue weighted by atomic mass is 10.0. The van der Waals surface area contributed by atoms with E-state index < -0.39 is 0 Å². The first-order valence-electron chi connectivity index (χ1n) is 5.46. The number of thiophene rings is 1. The molecule has 0 radical (unpaired) electrons. The molecule has 0 bridgehead atoms. The van der Waals surface area contributed by atoms with Crippen LogP contribution in [0.25, 0.3) is 0 Å². The summed E-state index contributed by atoms with van der Waals surface area (Å²) in [5, 5.41) is 3.36. The third kappa shape index (κ3) is 3.32. The summed E-state index contributed by atoms with van der Waals surface area (Å²) in [4.78, 5) is 1.25. The molecule has 1 N–H and O–H groups in total. The number of hydrogen-bond acceptors (Lipinski definition) is 2. The summed E-state index contributed by atoms with van der Waals surface area (Å²) in [5.41, 5.74) is 0.906. The molecule has 0 aliphatic carbocycles. The molecule has 5 heteroatoms. The van der Waals surface area contributed by atoms with Crippen molar-refractivity contribution in [3.63, 3.8) is 0 Å². The minimum absolute atomic E-state index is 0.0855. The van der Waals surface area contributed by atoms with Crippen LogP contribution in [0, 0.1) is 5.82 Å². The Labute approximate surface area is 123 Å². The normalized spacial score (nSPS) is 12.7. The molecule has 2 aromatic rings. The standard InChI is InChI=1S/C13H12BrClFNS/c1-17-12(7-9-3-5-13(14)18-9)8-2-4-10(15)11(16)6-8/h2-6,12,17H,7H2,1H3. The average Bonchev–Trinajstić information content (AvgIpc) is 2.75. The van der Waals surface area contributed by atoms with Crippen LogP contribution in [-0.2, 0) is 6.42 Å². The smallest absolute Gasteiger partial charge is 0.142 e. The van der Waals surface area contributed by atoms with Crippen molar-refractivity contribution >= 4 is 38.9 Å². The van der Waals surface area contributed by atoms with Crippen molar-refractivity contribution in [1.29, 1.82) is 0 Å². The molecule has 0 amide bonds. The summed E-state index contributed by atoms with van der Waals surface area (Å²) in [5.74, 6) is -0.373. The van der Waals surface area contributed by atoms with Crippen molar-refractivity contribution in [2.24, 2.45) is 0 Å². The van der Waals surface area contributed by atoms with Crippen molar-refractivity contribution in [2.75, 3.05) is 7.05 Å². The SMILES string of the molecule is CNC(Cc1ccc(Br)s1)c1ccc(Cl)c(F)c1. The van der Waals surface area contributed by atoms with Crippen molar-refractivity contribution in [3.05, 3.63) is 55.4 Å². The molecule has 0 aliphatic heterocycles. The number of likely N-dealkylation sites (N-methyl/N-ethyl adjacent to an activating group) is 1. The third-order valence-electron chi connectivity index (χ3n) is 2.73. The molecule has 1 unspecified atom stereocenters. The average molecular weight is 349 g/mol. The van der Waals surface area contributed by atoms with Crippen molar-refractivity contribution in [1.82, 2.24) is 5.32 Å². The summed E-state index contributed by atoms with van der Waals surface area (Å²) < 4.78 is 14.6. The van der Waals surface area contributed by atoms with E-state index in [9.17, 15) is 4.39 Å². The van der Waals surface area contributed by atoms with E-state index in [1.165, 1.54) is 10.9 Å². The van der Waals surface area contributed by atoms with E-state index in [-0.39, 0.29) is 16.9 Å². The number of benzene rings is 1. The molecule has 2 rings (SSSR count). The van der Waals surface area contributed by atoms with Gasteiger partial charge >= 0.3 is 0 Å². The predicted molar refractivity (Wildman–Crippen MR) is 78.9 cm³/mol. The Balaban J connectivity index is 2.19. The van der Waals surface area contributed by atoms with Gasteiger partial charge in [-0.3, -0.25) is 0 Å². The molecule has 0 spiro atoms. The molecule has 1 heterocycles. The van der Waals surface area contributed by atoms with Gasteiger partial charge in [-0.25, -0.2) is 4.39 Å². The summed E-state index contributed by atoms with van der Waals surface area (Å²) >= 11 is 10.8. The van der Waals surface area contributed by atoms with E-state index in [1.807, 2.05) is 19.2 Å². The third-order valence-corrected chi connectivity index (χ3v) is 4.68. The first-order valence-corrected chi connectivity index (χ1v) is 7.45.